The summed E-state index contributed by atoms with van der Waals surface area (Å²) in [5.74, 6) is 0.111. The highest BCUT2D eigenvalue weighted by Gasteiger charge is 2.16. The summed E-state index contributed by atoms with van der Waals surface area (Å²) in [7, 11) is 0. The molecule has 0 aliphatic heterocycles. The first-order chi connectivity index (χ1) is 8.45. The molecule has 0 heterocycles. The Morgan fingerprint density at radius 2 is 2.17 bits per heavy atom. The largest absolute Gasteiger partial charge is 0.396 e. The van der Waals surface area contributed by atoms with E-state index in [9.17, 15) is 10.1 Å². The number of nitro groups is 1. The van der Waals surface area contributed by atoms with Crippen LogP contribution in [0.3, 0.4) is 0 Å². The van der Waals surface area contributed by atoms with Gasteiger partial charge in [-0.25, -0.2) is 0 Å². The summed E-state index contributed by atoms with van der Waals surface area (Å²) in [6.07, 6.45) is 0. The number of halogens is 1. The van der Waals surface area contributed by atoms with Crippen LogP contribution in [0.2, 0.25) is 0 Å². The van der Waals surface area contributed by atoms with Gasteiger partial charge in [-0.2, -0.15) is 0 Å². The Bertz CT molecular complexity index is 426. The van der Waals surface area contributed by atoms with Crippen LogP contribution in [0.1, 0.15) is 19.4 Å². The van der Waals surface area contributed by atoms with E-state index in [1.165, 1.54) is 6.07 Å². The van der Waals surface area contributed by atoms with E-state index in [1.807, 2.05) is 13.8 Å². The van der Waals surface area contributed by atoms with Crippen molar-refractivity contribution in [1.82, 2.24) is 5.32 Å². The Balaban J connectivity index is 2.76. The fourth-order valence-electron chi connectivity index (χ4n) is 1.49. The van der Waals surface area contributed by atoms with Crippen LogP contribution in [0.25, 0.3) is 0 Å². The number of rotatable bonds is 6. The Labute approximate surface area is 114 Å². The molecule has 1 aromatic rings. The van der Waals surface area contributed by atoms with Crippen LogP contribution in [0, 0.1) is 16.0 Å². The highest BCUT2D eigenvalue weighted by Crippen LogP contribution is 2.23. The molecule has 0 bridgehead atoms. The second kappa shape index (κ2) is 6.82. The average molecular weight is 317 g/mol. The lowest BCUT2D eigenvalue weighted by atomic mass is 10.0. The van der Waals surface area contributed by atoms with Crippen LogP contribution in [0.5, 0.6) is 0 Å². The number of aliphatic hydroxyl groups is 1. The van der Waals surface area contributed by atoms with Crippen LogP contribution >= 0.6 is 15.9 Å². The van der Waals surface area contributed by atoms with E-state index < -0.39 is 0 Å². The van der Waals surface area contributed by atoms with Crippen LogP contribution in [-0.4, -0.2) is 22.7 Å². The quantitative estimate of drug-likeness (QED) is 0.624. The third-order valence-corrected chi connectivity index (χ3v) is 3.49. The Morgan fingerprint density at radius 3 is 2.72 bits per heavy atom. The summed E-state index contributed by atoms with van der Waals surface area (Å²) >= 11 is 3.22. The van der Waals surface area contributed by atoms with Gasteiger partial charge in [0.15, 0.2) is 0 Å². The predicted octanol–water partition coefficient (Wildman–Crippen LogP) is 2.46. The van der Waals surface area contributed by atoms with Crippen molar-refractivity contribution in [2.24, 2.45) is 5.92 Å². The number of hydrogen-bond acceptors (Lipinski definition) is 4. The first kappa shape index (κ1) is 15.1. The van der Waals surface area contributed by atoms with Gasteiger partial charge in [0.25, 0.3) is 5.69 Å². The standard InChI is InChI=1S/C12H17BrN2O3/c1-8(7-16)9(2)14-6-10-3-4-11(13)5-12(10)15(17)18/h3-5,8-9,14,16H,6-7H2,1-2H3. The average Bonchev–Trinajstić information content (AvgIpc) is 2.35. The molecule has 0 aliphatic rings. The molecular weight excluding hydrogens is 300 g/mol. The van der Waals surface area contributed by atoms with Crippen molar-refractivity contribution in [2.75, 3.05) is 6.61 Å². The van der Waals surface area contributed by atoms with Crippen molar-refractivity contribution in [2.45, 2.75) is 26.4 Å². The topological polar surface area (TPSA) is 75.4 Å². The van der Waals surface area contributed by atoms with Crippen LogP contribution < -0.4 is 5.32 Å². The number of aliphatic hydroxyl groups excluding tert-OH is 1. The van der Waals surface area contributed by atoms with Crippen molar-refractivity contribution in [3.8, 4) is 0 Å². The summed E-state index contributed by atoms with van der Waals surface area (Å²) in [6.45, 7) is 4.38. The Hall–Kier alpha value is -0.980. The third kappa shape index (κ3) is 4.04. The maximum Gasteiger partial charge on any atom is 0.275 e. The zero-order valence-corrected chi connectivity index (χ0v) is 12.0. The SMILES string of the molecule is CC(CO)C(C)NCc1ccc(Br)cc1[N+](=O)[O-]. The second-order valence-corrected chi connectivity index (χ2v) is 5.28. The molecule has 0 saturated carbocycles. The van der Waals surface area contributed by atoms with E-state index in [-0.39, 0.29) is 29.2 Å². The molecule has 0 fully saturated rings. The minimum Gasteiger partial charge on any atom is -0.396 e. The number of hydrogen-bond donors (Lipinski definition) is 2. The van der Waals surface area contributed by atoms with Gasteiger partial charge in [0.1, 0.15) is 0 Å². The van der Waals surface area contributed by atoms with E-state index >= 15 is 0 Å². The van der Waals surface area contributed by atoms with Gasteiger partial charge < -0.3 is 10.4 Å². The van der Waals surface area contributed by atoms with Crippen LogP contribution in [0.4, 0.5) is 5.69 Å². The first-order valence-electron chi connectivity index (χ1n) is 5.72. The molecule has 18 heavy (non-hydrogen) atoms. The zero-order chi connectivity index (χ0) is 13.7. The summed E-state index contributed by atoms with van der Waals surface area (Å²) in [6, 6.07) is 5.10. The normalized spacial score (nSPS) is 14.2. The van der Waals surface area contributed by atoms with E-state index in [1.54, 1.807) is 12.1 Å². The minimum absolute atomic E-state index is 0.0938. The molecule has 1 rings (SSSR count). The Morgan fingerprint density at radius 1 is 1.50 bits per heavy atom. The fourth-order valence-corrected chi connectivity index (χ4v) is 1.84. The Kier molecular flexibility index (Phi) is 5.71. The number of nitro benzene ring substituents is 1. The molecular formula is C12H17BrN2O3. The summed E-state index contributed by atoms with van der Waals surface area (Å²) in [5.41, 5.74) is 0.737. The molecule has 0 aliphatic carbocycles. The second-order valence-electron chi connectivity index (χ2n) is 4.36. The number of benzene rings is 1. The van der Waals surface area contributed by atoms with Crippen LogP contribution in [-0.2, 0) is 6.54 Å². The van der Waals surface area contributed by atoms with Crippen molar-refractivity contribution in [3.05, 3.63) is 38.3 Å². The molecule has 0 aromatic heterocycles. The van der Waals surface area contributed by atoms with Crippen molar-refractivity contribution < 1.29 is 10.0 Å². The number of nitrogens with zero attached hydrogens (tertiary/aromatic N) is 1. The lowest BCUT2D eigenvalue weighted by Gasteiger charge is -2.19. The molecule has 0 saturated heterocycles. The van der Waals surface area contributed by atoms with Gasteiger partial charge in [0, 0.05) is 35.3 Å². The maximum atomic E-state index is 10.9. The molecule has 0 radical (unpaired) electrons. The molecule has 2 unspecified atom stereocenters. The number of nitrogens with one attached hydrogen (secondary N) is 1. The summed E-state index contributed by atoms with van der Waals surface area (Å²) in [4.78, 5) is 10.5. The summed E-state index contributed by atoms with van der Waals surface area (Å²) < 4.78 is 0.690. The van der Waals surface area contributed by atoms with E-state index in [4.69, 9.17) is 5.11 Å². The third-order valence-electron chi connectivity index (χ3n) is 3.00. The van der Waals surface area contributed by atoms with E-state index in [0.29, 0.717) is 16.6 Å². The molecule has 0 amide bonds. The molecule has 2 atom stereocenters. The highest BCUT2D eigenvalue weighted by molar-refractivity contribution is 9.10. The fraction of sp³-hybridized carbons (Fsp3) is 0.500. The molecule has 5 nitrogen and oxygen atoms in total. The molecule has 0 spiro atoms. The molecule has 2 N–H and O–H groups in total. The summed E-state index contributed by atoms with van der Waals surface area (Å²) in [5, 5.41) is 23.1. The van der Waals surface area contributed by atoms with Gasteiger partial charge in [-0.15, -0.1) is 0 Å². The van der Waals surface area contributed by atoms with E-state index in [2.05, 4.69) is 21.2 Å². The van der Waals surface area contributed by atoms with Gasteiger partial charge in [0.2, 0.25) is 0 Å². The zero-order valence-electron chi connectivity index (χ0n) is 10.4. The van der Waals surface area contributed by atoms with E-state index in [0.717, 1.165) is 0 Å². The molecule has 1 aromatic carbocycles. The predicted molar refractivity (Wildman–Crippen MR) is 73.3 cm³/mol. The monoisotopic (exact) mass is 316 g/mol. The van der Waals surface area contributed by atoms with Crippen molar-refractivity contribution in [3.63, 3.8) is 0 Å². The van der Waals surface area contributed by atoms with Gasteiger partial charge in [-0.05, 0) is 25.0 Å². The minimum atomic E-state index is -0.387. The van der Waals surface area contributed by atoms with Gasteiger partial charge in [-0.1, -0.05) is 22.9 Å². The molecule has 6 heteroatoms. The smallest absolute Gasteiger partial charge is 0.275 e. The van der Waals surface area contributed by atoms with Gasteiger partial charge in [-0.3, -0.25) is 10.1 Å². The van der Waals surface area contributed by atoms with Crippen LogP contribution in [0.15, 0.2) is 22.7 Å². The molecule has 100 valence electrons. The highest BCUT2D eigenvalue weighted by atomic mass is 79.9. The van der Waals surface area contributed by atoms with Gasteiger partial charge in [0.05, 0.1) is 4.92 Å². The van der Waals surface area contributed by atoms with Crippen molar-refractivity contribution >= 4 is 21.6 Å². The van der Waals surface area contributed by atoms with Gasteiger partial charge >= 0.3 is 0 Å². The maximum absolute atomic E-state index is 10.9. The van der Waals surface area contributed by atoms with Crippen molar-refractivity contribution in [1.29, 1.82) is 0 Å². The lowest BCUT2D eigenvalue weighted by molar-refractivity contribution is -0.385. The lowest BCUT2D eigenvalue weighted by Crippen LogP contribution is -2.33. The first-order valence-corrected chi connectivity index (χ1v) is 6.52.